The van der Waals surface area contributed by atoms with Crippen LogP contribution in [0.15, 0.2) is 48.2 Å². The maximum atomic E-state index is 5.49. The SMILES string of the molecule is COc1ccc(N2CCc3c(-n4ccc(-c5nccs5)n4)ccnc32)c(OC)n1. The topological polar surface area (TPSA) is 78.2 Å². The summed E-state index contributed by atoms with van der Waals surface area (Å²) in [6.07, 6.45) is 6.41. The molecule has 8 nitrogen and oxygen atoms in total. The van der Waals surface area contributed by atoms with E-state index in [1.165, 1.54) is 0 Å². The predicted molar refractivity (Wildman–Crippen MR) is 111 cm³/mol. The van der Waals surface area contributed by atoms with E-state index in [2.05, 4.69) is 19.9 Å². The van der Waals surface area contributed by atoms with Crippen molar-refractivity contribution in [2.75, 3.05) is 25.7 Å². The Hall–Kier alpha value is -3.46. The summed E-state index contributed by atoms with van der Waals surface area (Å²) in [6, 6.07) is 7.75. The molecule has 5 heterocycles. The maximum Gasteiger partial charge on any atom is 0.241 e. The number of anilines is 2. The molecule has 0 amide bonds. The lowest BCUT2D eigenvalue weighted by atomic mass is 10.2. The standard InChI is InChI=1S/C20H18N6O2S/c1-27-17-4-3-16(19(23-17)28-2)25-10-6-13-15(5-8-21-18(13)25)26-11-7-14(24-26)20-22-9-12-29-20/h3-5,7-9,11-12H,6,10H2,1-2H3. The molecule has 5 rings (SSSR count). The summed E-state index contributed by atoms with van der Waals surface area (Å²) >= 11 is 1.58. The predicted octanol–water partition coefficient (Wildman–Crippen LogP) is 3.50. The summed E-state index contributed by atoms with van der Waals surface area (Å²) in [5.74, 6) is 1.91. The van der Waals surface area contributed by atoms with Crippen LogP contribution in [-0.2, 0) is 6.42 Å². The lowest BCUT2D eigenvalue weighted by Gasteiger charge is -2.20. The van der Waals surface area contributed by atoms with Gasteiger partial charge in [-0.25, -0.2) is 14.6 Å². The van der Waals surface area contributed by atoms with E-state index in [9.17, 15) is 0 Å². The molecule has 1 aliphatic rings. The summed E-state index contributed by atoms with van der Waals surface area (Å²) in [4.78, 5) is 15.5. The van der Waals surface area contributed by atoms with E-state index in [-0.39, 0.29) is 0 Å². The molecule has 146 valence electrons. The zero-order chi connectivity index (χ0) is 19.8. The Balaban J connectivity index is 1.54. The second-order valence-corrected chi connectivity index (χ2v) is 7.29. The van der Waals surface area contributed by atoms with Gasteiger partial charge in [0.15, 0.2) is 0 Å². The first-order chi connectivity index (χ1) is 14.3. The number of hydrogen-bond donors (Lipinski definition) is 0. The van der Waals surface area contributed by atoms with Crippen molar-refractivity contribution >= 4 is 22.8 Å². The van der Waals surface area contributed by atoms with Crippen LogP contribution in [-0.4, -0.2) is 45.5 Å². The van der Waals surface area contributed by atoms with Crippen LogP contribution in [0.4, 0.5) is 11.5 Å². The number of nitrogens with zero attached hydrogens (tertiary/aromatic N) is 6. The number of aromatic nitrogens is 5. The second-order valence-electron chi connectivity index (χ2n) is 6.40. The highest BCUT2D eigenvalue weighted by Crippen LogP contribution is 2.40. The molecule has 0 unspecified atom stereocenters. The molecule has 0 spiro atoms. The Labute approximate surface area is 171 Å². The highest BCUT2D eigenvalue weighted by atomic mass is 32.1. The zero-order valence-corrected chi connectivity index (χ0v) is 16.8. The van der Waals surface area contributed by atoms with Crippen LogP contribution in [0.1, 0.15) is 5.56 Å². The van der Waals surface area contributed by atoms with E-state index >= 15 is 0 Å². The normalized spacial score (nSPS) is 12.8. The molecule has 0 saturated carbocycles. The summed E-state index contributed by atoms with van der Waals surface area (Å²) < 4.78 is 12.6. The van der Waals surface area contributed by atoms with Crippen LogP contribution in [0.25, 0.3) is 16.4 Å². The van der Waals surface area contributed by atoms with Crippen molar-refractivity contribution in [2.45, 2.75) is 6.42 Å². The smallest absolute Gasteiger partial charge is 0.241 e. The summed E-state index contributed by atoms with van der Waals surface area (Å²) in [5, 5.41) is 7.58. The molecule has 0 N–H and O–H groups in total. The quantitative estimate of drug-likeness (QED) is 0.502. The molecule has 0 bridgehead atoms. The van der Waals surface area contributed by atoms with Crippen molar-refractivity contribution in [1.29, 1.82) is 0 Å². The molecule has 4 aromatic rings. The van der Waals surface area contributed by atoms with Gasteiger partial charge < -0.3 is 14.4 Å². The molecule has 0 aliphatic carbocycles. The van der Waals surface area contributed by atoms with Gasteiger partial charge in [-0.05, 0) is 24.6 Å². The van der Waals surface area contributed by atoms with Gasteiger partial charge in [0.1, 0.15) is 22.2 Å². The third kappa shape index (κ3) is 2.99. The molecule has 9 heteroatoms. The minimum Gasteiger partial charge on any atom is -0.481 e. The molecule has 4 aromatic heterocycles. The van der Waals surface area contributed by atoms with E-state index in [4.69, 9.17) is 14.6 Å². The Bertz CT molecular complexity index is 1160. The number of hydrogen-bond acceptors (Lipinski definition) is 8. The Morgan fingerprint density at radius 1 is 1.00 bits per heavy atom. The third-order valence-corrected chi connectivity index (χ3v) is 5.64. The van der Waals surface area contributed by atoms with Gasteiger partial charge in [0.2, 0.25) is 11.8 Å². The monoisotopic (exact) mass is 406 g/mol. The molecule has 1 aliphatic heterocycles. The van der Waals surface area contributed by atoms with Gasteiger partial charge in [-0.1, -0.05) is 0 Å². The van der Waals surface area contributed by atoms with Crippen molar-refractivity contribution in [2.24, 2.45) is 0 Å². The first kappa shape index (κ1) is 17.6. The Morgan fingerprint density at radius 2 is 1.93 bits per heavy atom. The minimum atomic E-state index is 0.509. The average molecular weight is 406 g/mol. The van der Waals surface area contributed by atoms with Gasteiger partial charge in [-0.15, -0.1) is 11.3 Å². The highest BCUT2D eigenvalue weighted by Gasteiger charge is 2.28. The van der Waals surface area contributed by atoms with Gasteiger partial charge >= 0.3 is 0 Å². The molecule has 29 heavy (non-hydrogen) atoms. The van der Waals surface area contributed by atoms with Gasteiger partial charge in [0.05, 0.1) is 19.9 Å². The Kier molecular flexibility index (Phi) is 4.36. The highest BCUT2D eigenvalue weighted by molar-refractivity contribution is 7.13. The van der Waals surface area contributed by atoms with Gasteiger partial charge in [0, 0.05) is 42.1 Å². The zero-order valence-electron chi connectivity index (χ0n) is 15.9. The van der Waals surface area contributed by atoms with E-state index < -0.39 is 0 Å². The van der Waals surface area contributed by atoms with Crippen LogP contribution in [0.2, 0.25) is 0 Å². The van der Waals surface area contributed by atoms with Crippen molar-refractivity contribution in [1.82, 2.24) is 24.7 Å². The van der Waals surface area contributed by atoms with Crippen molar-refractivity contribution in [3.8, 4) is 28.1 Å². The molecule has 0 fully saturated rings. The lowest BCUT2D eigenvalue weighted by Crippen LogP contribution is -2.16. The van der Waals surface area contributed by atoms with Gasteiger partial charge in [-0.2, -0.15) is 10.1 Å². The van der Waals surface area contributed by atoms with Crippen LogP contribution >= 0.6 is 11.3 Å². The number of thiazole rings is 1. The lowest BCUT2D eigenvalue weighted by molar-refractivity contribution is 0.365. The summed E-state index contributed by atoms with van der Waals surface area (Å²) in [7, 11) is 3.19. The Morgan fingerprint density at radius 3 is 2.72 bits per heavy atom. The van der Waals surface area contributed by atoms with E-state index in [0.717, 1.165) is 46.4 Å². The number of ether oxygens (including phenoxy) is 2. The van der Waals surface area contributed by atoms with E-state index in [1.54, 1.807) is 38.0 Å². The van der Waals surface area contributed by atoms with Crippen LogP contribution in [0.5, 0.6) is 11.8 Å². The largest absolute Gasteiger partial charge is 0.481 e. The molecule has 0 saturated heterocycles. The van der Waals surface area contributed by atoms with Gasteiger partial charge in [-0.3, -0.25) is 0 Å². The van der Waals surface area contributed by atoms with Crippen LogP contribution < -0.4 is 14.4 Å². The van der Waals surface area contributed by atoms with Crippen LogP contribution in [0.3, 0.4) is 0 Å². The number of rotatable bonds is 5. The van der Waals surface area contributed by atoms with Gasteiger partial charge in [0.25, 0.3) is 0 Å². The van der Waals surface area contributed by atoms with Crippen molar-refractivity contribution in [3.63, 3.8) is 0 Å². The molecule has 0 aromatic carbocycles. The maximum absolute atomic E-state index is 5.49. The number of fused-ring (bicyclic) bond motifs is 1. The van der Waals surface area contributed by atoms with Crippen molar-refractivity contribution < 1.29 is 9.47 Å². The first-order valence-electron chi connectivity index (χ1n) is 9.09. The summed E-state index contributed by atoms with van der Waals surface area (Å²) in [6.45, 7) is 0.782. The molecule has 0 atom stereocenters. The third-order valence-electron chi connectivity index (χ3n) is 4.84. The molecular weight excluding hydrogens is 388 g/mol. The van der Waals surface area contributed by atoms with E-state index in [1.807, 2.05) is 40.5 Å². The second kappa shape index (κ2) is 7.17. The van der Waals surface area contributed by atoms with Crippen molar-refractivity contribution in [3.05, 3.63) is 53.8 Å². The molecular formula is C20H18N6O2S. The average Bonchev–Trinajstić information content (AvgIpc) is 3.53. The fraction of sp³-hybridized carbons (Fsp3) is 0.200. The number of methoxy groups -OCH3 is 2. The molecule has 0 radical (unpaired) electrons. The van der Waals surface area contributed by atoms with Crippen LogP contribution in [0, 0.1) is 0 Å². The first-order valence-corrected chi connectivity index (χ1v) is 9.97. The number of pyridine rings is 2. The fourth-order valence-corrected chi connectivity index (χ4v) is 4.13. The minimum absolute atomic E-state index is 0.509. The van der Waals surface area contributed by atoms with E-state index in [0.29, 0.717) is 11.8 Å². The fourth-order valence-electron chi connectivity index (χ4n) is 3.53. The summed E-state index contributed by atoms with van der Waals surface area (Å²) in [5.41, 5.74) is 3.88.